The van der Waals surface area contributed by atoms with Crippen LogP contribution >= 0.6 is 0 Å². The zero-order valence-corrected chi connectivity index (χ0v) is 13.9. The molecule has 1 fully saturated rings. The molecule has 0 radical (unpaired) electrons. The Hall–Kier alpha value is -2.62. The van der Waals surface area contributed by atoms with Gasteiger partial charge in [0.25, 0.3) is 0 Å². The quantitative estimate of drug-likeness (QED) is 0.740. The van der Waals surface area contributed by atoms with Gasteiger partial charge >= 0.3 is 0 Å². The van der Waals surface area contributed by atoms with E-state index in [4.69, 9.17) is 0 Å². The highest BCUT2D eigenvalue weighted by molar-refractivity contribution is 5.78. The van der Waals surface area contributed by atoms with E-state index in [-0.39, 0.29) is 5.91 Å². The molecule has 0 N–H and O–H groups in total. The molecule has 1 saturated heterocycles. The summed E-state index contributed by atoms with van der Waals surface area (Å²) < 4.78 is 2.03. The molecule has 4 nitrogen and oxygen atoms in total. The van der Waals surface area contributed by atoms with Gasteiger partial charge in [0.05, 0.1) is 12.2 Å². The number of likely N-dealkylation sites (tertiary alicyclic amines) is 1. The fourth-order valence-electron chi connectivity index (χ4n) is 3.52. The van der Waals surface area contributed by atoms with E-state index in [1.165, 1.54) is 11.1 Å². The molecule has 1 aliphatic rings. The number of carbonyl (C=O) groups is 1. The predicted molar refractivity (Wildman–Crippen MR) is 93.6 cm³/mol. The van der Waals surface area contributed by atoms with Crippen LogP contribution in [0.25, 0.3) is 5.65 Å². The van der Waals surface area contributed by atoms with Gasteiger partial charge in [0, 0.05) is 25.4 Å². The number of hydrogen-bond donors (Lipinski definition) is 0. The molecule has 1 aromatic carbocycles. The Labute approximate surface area is 141 Å². The normalized spacial score (nSPS) is 17.8. The van der Waals surface area contributed by atoms with Crippen LogP contribution < -0.4 is 0 Å². The Balaban J connectivity index is 1.45. The molecule has 4 rings (SSSR count). The number of nitrogens with zero attached hydrogens (tertiary/aromatic N) is 3. The summed E-state index contributed by atoms with van der Waals surface area (Å²) in [5.41, 5.74) is 4.39. The van der Waals surface area contributed by atoms with Crippen molar-refractivity contribution in [2.24, 2.45) is 5.92 Å². The molecule has 3 aromatic rings. The average molecular weight is 319 g/mol. The number of hydrogen-bond acceptors (Lipinski definition) is 2. The highest BCUT2D eigenvalue weighted by Gasteiger charge is 2.29. The van der Waals surface area contributed by atoms with E-state index < -0.39 is 0 Å². The lowest BCUT2D eigenvalue weighted by atomic mass is 9.99. The molecule has 1 amide bonds. The number of imidazole rings is 1. The topological polar surface area (TPSA) is 37.6 Å². The first-order valence-electron chi connectivity index (χ1n) is 8.43. The van der Waals surface area contributed by atoms with Gasteiger partial charge in [-0.25, -0.2) is 4.98 Å². The van der Waals surface area contributed by atoms with Crippen molar-refractivity contribution in [3.63, 3.8) is 0 Å². The van der Waals surface area contributed by atoms with Crippen LogP contribution in [0.4, 0.5) is 0 Å². The molecule has 1 aliphatic heterocycles. The van der Waals surface area contributed by atoms with Crippen LogP contribution in [0.5, 0.6) is 0 Å². The summed E-state index contributed by atoms with van der Waals surface area (Å²) in [5.74, 6) is 0.642. The fourth-order valence-corrected chi connectivity index (χ4v) is 3.52. The van der Waals surface area contributed by atoms with E-state index in [2.05, 4.69) is 48.4 Å². The Morgan fingerprint density at radius 1 is 1.12 bits per heavy atom. The van der Waals surface area contributed by atoms with Crippen molar-refractivity contribution < 1.29 is 4.79 Å². The van der Waals surface area contributed by atoms with Crippen molar-refractivity contribution >= 4 is 11.6 Å². The third kappa shape index (κ3) is 3.04. The van der Waals surface area contributed by atoms with Gasteiger partial charge < -0.3 is 9.30 Å². The van der Waals surface area contributed by atoms with Gasteiger partial charge in [-0.3, -0.25) is 4.79 Å². The highest BCUT2D eigenvalue weighted by atomic mass is 16.2. The number of aromatic nitrogens is 2. The Morgan fingerprint density at radius 2 is 1.96 bits per heavy atom. The van der Waals surface area contributed by atoms with Crippen molar-refractivity contribution in [1.82, 2.24) is 14.3 Å². The number of rotatable bonds is 4. The number of fused-ring (bicyclic) bond motifs is 1. The lowest BCUT2D eigenvalue weighted by Crippen LogP contribution is -2.25. The fraction of sp³-hybridized carbons (Fsp3) is 0.300. The molecule has 4 heteroatoms. The van der Waals surface area contributed by atoms with Gasteiger partial charge in [0.1, 0.15) is 5.65 Å². The number of aryl methyl sites for hydroxylation is 1. The molecule has 0 bridgehead atoms. The molecule has 24 heavy (non-hydrogen) atoms. The summed E-state index contributed by atoms with van der Waals surface area (Å²) in [6, 6.07) is 14.5. The molecule has 0 saturated carbocycles. The van der Waals surface area contributed by atoms with Crippen LogP contribution in [0.2, 0.25) is 0 Å². The minimum Gasteiger partial charge on any atom is -0.336 e. The van der Waals surface area contributed by atoms with E-state index >= 15 is 0 Å². The first kappa shape index (κ1) is 14.9. The van der Waals surface area contributed by atoms with E-state index in [1.807, 2.05) is 27.6 Å². The third-order valence-corrected chi connectivity index (χ3v) is 4.66. The van der Waals surface area contributed by atoms with Crippen molar-refractivity contribution in [2.45, 2.75) is 26.3 Å². The maximum atomic E-state index is 12.3. The largest absolute Gasteiger partial charge is 0.336 e. The second-order valence-electron chi connectivity index (χ2n) is 6.74. The van der Waals surface area contributed by atoms with E-state index in [9.17, 15) is 4.79 Å². The van der Waals surface area contributed by atoms with Crippen LogP contribution in [0.15, 0.2) is 54.9 Å². The van der Waals surface area contributed by atoms with E-state index in [0.717, 1.165) is 24.3 Å². The molecule has 0 spiro atoms. The summed E-state index contributed by atoms with van der Waals surface area (Å²) in [4.78, 5) is 18.9. The van der Waals surface area contributed by atoms with E-state index in [0.29, 0.717) is 18.9 Å². The standard InChI is InChI=1S/C20H21N3O/c1-15-7-8-19-21-18(13-22(19)11-15)14-23-12-17(10-20(23)24)9-16-5-3-2-4-6-16/h2-8,11,13,17H,9-10,12,14H2,1H3/t17-/m0/s1. The highest BCUT2D eigenvalue weighted by Crippen LogP contribution is 2.23. The molecule has 122 valence electrons. The van der Waals surface area contributed by atoms with Crippen molar-refractivity contribution in [3.8, 4) is 0 Å². The molecule has 0 unspecified atom stereocenters. The molecular weight excluding hydrogens is 298 g/mol. The summed E-state index contributed by atoms with van der Waals surface area (Å²) in [6.45, 7) is 3.49. The zero-order valence-electron chi connectivity index (χ0n) is 13.9. The third-order valence-electron chi connectivity index (χ3n) is 4.66. The summed E-state index contributed by atoms with van der Waals surface area (Å²) in [6.07, 6.45) is 5.70. The van der Waals surface area contributed by atoms with Gasteiger partial charge in [-0.15, -0.1) is 0 Å². The molecule has 3 heterocycles. The lowest BCUT2D eigenvalue weighted by Gasteiger charge is -2.15. The second kappa shape index (κ2) is 6.11. The van der Waals surface area contributed by atoms with Crippen LogP contribution in [0, 0.1) is 12.8 Å². The molecule has 0 aliphatic carbocycles. The minimum absolute atomic E-state index is 0.240. The van der Waals surface area contributed by atoms with Crippen molar-refractivity contribution in [1.29, 1.82) is 0 Å². The Morgan fingerprint density at radius 3 is 2.79 bits per heavy atom. The SMILES string of the molecule is Cc1ccc2nc(CN3C[C@@H](Cc4ccccc4)CC3=O)cn2c1. The number of carbonyl (C=O) groups excluding carboxylic acids is 1. The average Bonchev–Trinajstić information content (AvgIpc) is 3.11. The van der Waals surface area contributed by atoms with Gasteiger partial charge in [-0.2, -0.15) is 0 Å². The second-order valence-corrected chi connectivity index (χ2v) is 6.74. The summed E-state index contributed by atoms with van der Waals surface area (Å²) in [5, 5.41) is 0. The zero-order chi connectivity index (χ0) is 16.5. The summed E-state index contributed by atoms with van der Waals surface area (Å²) in [7, 11) is 0. The Kier molecular flexibility index (Phi) is 3.81. The smallest absolute Gasteiger partial charge is 0.223 e. The number of pyridine rings is 1. The molecule has 1 atom stereocenters. The minimum atomic E-state index is 0.240. The maximum absolute atomic E-state index is 12.3. The van der Waals surface area contributed by atoms with Crippen LogP contribution in [-0.2, 0) is 17.8 Å². The first-order valence-corrected chi connectivity index (χ1v) is 8.43. The first-order chi connectivity index (χ1) is 11.7. The van der Waals surface area contributed by atoms with Crippen LogP contribution in [0.1, 0.15) is 23.2 Å². The van der Waals surface area contributed by atoms with Gasteiger partial charge in [0.15, 0.2) is 0 Å². The monoisotopic (exact) mass is 319 g/mol. The number of amides is 1. The lowest BCUT2D eigenvalue weighted by molar-refractivity contribution is -0.128. The predicted octanol–water partition coefficient (Wildman–Crippen LogP) is 3.23. The molecule has 2 aromatic heterocycles. The van der Waals surface area contributed by atoms with Gasteiger partial charge in [-0.05, 0) is 36.5 Å². The Bertz CT molecular complexity index is 869. The summed E-state index contributed by atoms with van der Waals surface area (Å²) >= 11 is 0. The maximum Gasteiger partial charge on any atom is 0.223 e. The van der Waals surface area contributed by atoms with Crippen LogP contribution in [-0.4, -0.2) is 26.7 Å². The molecular formula is C20H21N3O. The van der Waals surface area contributed by atoms with E-state index in [1.54, 1.807) is 0 Å². The van der Waals surface area contributed by atoms with Crippen molar-refractivity contribution in [2.75, 3.05) is 6.54 Å². The van der Waals surface area contributed by atoms with Gasteiger partial charge in [0.2, 0.25) is 5.91 Å². The van der Waals surface area contributed by atoms with Crippen LogP contribution in [0.3, 0.4) is 0 Å². The van der Waals surface area contributed by atoms with Gasteiger partial charge in [-0.1, -0.05) is 36.4 Å². The number of benzene rings is 1. The van der Waals surface area contributed by atoms with Crippen molar-refractivity contribution in [3.05, 3.63) is 71.7 Å².